The molecular weight excluding hydrogens is 779 g/mol. The lowest BCUT2D eigenvalue weighted by Gasteiger charge is -2.61. The maximum atomic E-state index is 2.65. The standard InChI is InChI=1S/C61H49NS/c1-60(2)53-20-6-3-15-49(53)51-19-10-18-47(59(51)60)40-12-9-13-44(35-40)62(43-26-24-39(25-27-43)46-17-11-23-57-58(46)52-16-5-8-22-56(52)63-57)45-28-29-50-48-14-4-7-21-54(48)61(55(50)36-45)41-31-37-30-38(33-41)34-42(61)32-37/h3-29,35-38,41-42H,30-34H2,1-2H3. The molecule has 6 aliphatic rings. The lowest BCUT2D eigenvalue weighted by Crippen LogP contribution is -2.55. The topological polar surface area (TPSA) is 3.24 Å². The zero-order valence-corrected chi connectivity index (χ0v) is 36.8. The van der Waals surface area contributed by atoms with Crippen LogP contribution >= 0.6 is 11.3 Å². The number of anilines is 3. The molecule has 9 aromatic rings. The first kappa shape index (κ1) is 36.3. The Morgan fingerprint density at radius 3 is 1.83 bits per heavy atom. The molecule has 4 saturated carbocycles. The largest absolute Gasteiger partial charge is 0.310 e. The van der Waals surface area contributed by atoms with Gasteiger partial charge >= 0.3 is 0 Å². The van der Waals surface area contributed by atoms with E-state index in [-0.39, 0.29) is 10.8 Å². The number of thiophene rings is 1. The maximum Gasteiger partial charge on any atom is 0.0467 e. The Morgan fingerprint density at radius 2 is 1.02 bits per heavy atom. The maximum absolute atomic E-state index is 2.65. The molecule has 1 aromatic heterocycles. The van der Waals surface area contributed by atoms with E-state index in [9.17, 15) is 0 Å². The fourth-order valence-electron chi connectivity index (χ4n) is 14.4. The van der Waals surface area contributed by atoms with Gasteiger partial charge in [-0.05, 0) is 171 Å². The molecule has 63 heavy (non-hydrogen) atoms. The van der Waals surface area contributed by atoms with Crippen LogP contribution in [-0.2, 0) is 10.8 Å². The van der Waals surface area contributed by atoms with Gasteiger partial charge in [-0.3, -0.25) is 0 Å². The van der Waals surface area contributed by atoms with Crippen molar-refractivity contribution in [3.63, 3.8) is 0 Å². The summed E-state index contributed by atoms with van der Waals surface area (Å²) in [6.45, 7) is 4.81. The van der Waals surface area contributed by atoms with Crippen molar-refractivity contribution in [2.75, 3.05) is 4.90 Å². The van der Waals surface area contributed by atoms with Crippen molar-refractivity contribution in [3.05, 3.63) is 198 Å². The number of nitrogens with zero attached hydrogens (tertiary/aromatic N) is 1. The van der Waals surface area contributed by atoms with Crippen LogP contribution in [0.15, 0.2) is 176 Å². The zero-order chi connectivity index (χ0) is 41.6. The average molecular weight is 828 g/mol. The van der Waals surface area contributed by atoms with Crippen LogP contribution < -0.4 is 4.90 Å². The van der Waals surface area contributed by atoms with E-state index in [0.29, 0.717) is 11.8 Å². The molecule has 2 heteroatoms. The van der Waals surface area contributed by atoms with Gasteiger partial charge in [0.25, 0.3) is 0 Å². The predicted octanol–water partition coefficient (Wildman–Crippen LogP) is 16.9. The molecule has 4 fully saturated rings. The van der Waals surface area contributed by atoms with Crippen molar-refractivity contribution in [1.29, 1.82) is 0 Å². The molecule has 0 saturated heterocycles. The average Bonchev–Trinajstić information content (AvgIpc) is 3.92. The Bertz CT molecular complexity index is 3320. The highest BCUT2D eigenvalue weighted by Crippen LogP contribution is 2.69. The van der Waals surface area contributed by atoms with E-state index < -0.39 is 0 Å². The quantitative estimate of drug-likeness (QED) is 0.167. The van der Waals surface area contributed by atoms with E-state index in [1.807, 2.05) is 11.3 Å². The van der Waals surface area contributed by atoms with Gasteiger partial charge in [0.1, 0.15) is 0 Å². The summed E-state index contributed by atoms with van der Waals surface area (Å²) in [7, 11) is 0. The Hall–Kier alpha value is -6.22. The summed E-state index contributed by atoms with van der Waals surface area (Å²) < 4.78 is 2.68. The van der Waals surface area contributed by atoms with Gasteiger partial charge in [-0.2, -0.15) is 0 Å². The van der Waals surface area contributed by atoms with Crippen LogP contribution in [0.3, 0.4) is 0 Å². The molecule has 0 N–H and O–H groups in total. The van der Waals surface area contributed by atoms with Gasteiger partial charge in [-0.25, -0.2) is 0 Å². The van der Waals surface area contributed by atoms with Crippen LogP contribution in [0.25, 0.3) is 64.7 Å². The van der Waals surface area contributed by atoms with E-state index >= 15 is 0 Å². The first-order valence-corrected chi connectivity index (χ1v) is 24.2. The molecule has 0 aliphatic heterocycles. The Kier molecular flexibility index (Phi) is 7.58. The van der Waals surface area contributed by atoms with Crippen LogP contribution in [0.1, 0.15) is 68.2 Å². The minimum absolute atomic E-state index is 0.0971. The van der Waals surface area contributed by atoms with Gasteiger partial charge in [-0.1, -0.05) is 141 Å². The molecule has 1 spiro atoms. The second-order valence-electron chi connectivity index (χ2n) is 20.1. The Labute approximate surface area is 374 Å². The molecule has 1 nitrogen and oxygen atoms in total. The SMILES string of the molecule is CC1(C)c2ccccc2-c2cccc(-c3cccc(N(c4ccc(-c5cccc6sc7ccccc7c56)cc4)c4ccc5c(c4)C4(c6ccccc6-5)C5CC6CC(C5)CC4C6)c3)c21. The minimum atomic E-state index is -0.105. The highest BCUT2D eigenvalue weighted by atomic mass is 32.1. The minimum Gasteiger partial charge on any atom is -0.310 e. The van der Waals surface area contributed by atoms with Crippen molar-refractivity contribution >= 4 is 48.6 Å². The van der Waals surface area contributed by atoms with Crippen molar-refractivity contribution in [3.8, 4) is 44.5 Å². The van der Waals surface area contributed by atoms with Gasteiger partial charge in [0, 0.05) is 48.1 Å². The molecule has 1 heterocycles. The van der Waals surface area contributed by atoms with Crippen LogP contribution in [0.4, 0.5) is 17.1 Å². The molecule has 0 radical (unpaired) electrons. The molecule has 0 unspecified atom stereocenters. The third kappa shape index (κ3) is 4.99. The Morgan fingerprint density at radius 1 is 0.429 bits per heavy atom. The van der Waals surface area contributed by atoms with Crippen LogP contribution in [-0.4, -0.2) is 0 Å². The third-order valence-electron chi connectivity index (χ3n) is 16.6. The molecule has 304 valence electrons. The molecule has 15 rings (SSSR count). The lowest BCUT2D eigenvalue weighted by atomic mass is 9.43. The summed E-state index contributed by atoms with van der Waals surface area (Å²) >= 11 is 1.89. The first-order valence-electron chi connectivity index (χ1n) is 23.3. The Balaban J connectivity index is 0.951. The predicted molar refractivity (Wildman–Crippen MR) is 266 cm³/mol. The summed E-state index contributed by atoms with van der Waals surface area (Å²) in [5, 5.41) is 2.70. The molecule has 0 atom stereocenters. The van der Waals surface area contributed by atoms with Crippen molar-refractivity contribution in [2.24, 2.45) is 23.7 Å². The summed E-state index contributed by atoms with van der Waals surface area (Å²) in [6, 6.07) is 67.5. The van der Waals surface area contributed by atoms with E-state index in [1.165, 1.54) is 125 Å². The van der Waals surface area contributed by atoms with Gasteiger partial charge in [0.05, 0.1) is 0 Å². The molecule has 0 amide bonds. The van der Waals surface area contributed by atoms with Crippen LogP contribution in [0.2, 0.25) is 0 Å². The number of rotatable bonds is 5. The second-order valence-corrected chi connectivity index (χ2v) is 21.1. The van der Waals surface area contributed by atoms with Gasteiger partial charge in [0.15, 0.2) is 0 Å². The zero-order valence-electron chi connectivity index (χ0n) is 35.9. The summed E-state index contributed by atoms with van der Waals surface area (Å²) in [6.07, 6.45) is 6.98. The van der Waals surface area contributed by atoms with E-state index in [4.69, 9.17) is 0 Å². The number of hydrogen-bond donors (Lipinski definition) is 0. The molecule has 4 bridgehead atoms. The summed E-state index contributed by atoms with van der Waals surface area (Å²) in [5.74, 6) is 3.24. The van der Waals surface area contributed by atoms with Gasteiger partial charge in [0.2, 0.25) is 0 Å². The third-order valence-corrected chi connectivity index (χ3v) is 17.8. The van der Waals surface area contributed by atoms with E-state index in [0.717, 1.165) is 11.8 Å². The molecule has 8 aromatic carbocycles. The number of hydrogen-bond acceptors (Lipinski definition) is 2. The first-order chi connectivity index (χ1) is 30.9. The van der Waals surface area contributed by atoms with Crippen LogP contribution in [0.5, 0.6) is 0 Å². The summed E-state index contributed by atoms with van der Waals surface area (Å²) in [4.78, 5) is 2.56. The van der Waals surface area contributed by atoms with Crippen LogP contribution in [0, 0.1) is 23.7 Å². The van der Waals surface area contributed by atoms with Crippen molar-refractivity contribution < 1.29 is 0 Å². The second kappa shape index (κ2) is 13.2. The smallest absolute Gasteiger partial charge is 0.0467 e. The molecular formula is C61H49NS. The van der Waals surface area contributed by atoms with Gasteiger partial charge in [-0.15, -0.1) is 11.3 Å². The van der Waals surface area contributed by atoms with E-state index in [1.54, 1.807) is 11.1 Å². The number of benzene rings is 8. The number of fused-ring (bicyclic) bond motifs is 9. The van der Waals surface area contributed by atoms with Crippen molar-refractivity contribution in [1.82, 2.24) is 0 Å². The highest BCUT2D eigenvalue weighted by molar-refractivity contribution is 7.25. The highest BCUT2D eigenvalue weighted by Gasteiger charge is 2.61. The normalized spacial score (nSPS) is 23.0. The van der Waals surface area contributed by atoms with Crippen molar-refractivity contribution in [2.45, 2.75) is 56.8 Å². The lowest BCUT2D eigenvalue weighted by molar-refractivity contribution is -0.0399. The fourth-order valence-corrected chi connectivity index (χ4v) is 15.6. The fraction of sp³-hybridized carbons (Fsp3) is 0.213. The molecule has 6 aliphatic carbocycles. The monoisotopic (exact) mass is 827 g/mol. The summed E-state index contributed by atoms with van der Waals surface area (Å²) in [5.41, 5.74) is 20.4. The van der Waals surface area contributed by atoms with Gasteiger partial charge < -0.3 is 4.90 Å². The van der Waals surface area contributed by atoms with E-state index in [2.05, 4.69) is 195 Å².